The van der Waals surface area contributed by atoms with Gasteiger partial charge in [-0.15, -0.1) is 0 Å². The van der Waals surface area contributed by atoms with Crippen molar-refractivity contribution in [3.63, 3.8) is 0 Å². The zero-order valence-electron chi connectivity index (χ0n) is 12.8. The molecule has 0 spiro atoms. The number of hydrogen-bond donors (Lipinski definition) is 0. The van der Waals surface area contributed by atoms with E-state index in [0.717, 1.165) is 24.4 Å². The molecule has 1 aromatic carbocycles. The van der Waals surface area contributed by atoms with Crippen molar-refractivity contribution < 1.29 is 4.79 Å². The lowest BCUT2D eigenvalue weighted by molar-refractivity contribution is -0.118. The number of carbonyl (C=O) groups excluding carboxylic acids is 1. The Morgan fingerprint density at radius 2 is 1.90 bits per heavy atom. The van der Waals surface area contributed by atoms with Crippen molar-refractivity contribution in [2.24, 2.45) is 0 Å². The minimum atomic E-state index is 0.201. The molecule has 1 aromatic heterocycles. The highest BCUT2D eigenvalue weighted by molar-refractivity contribution is 6.32. The first-order valence-electron chi connectivity index (χ1n) is 7.30. The summed E-state index contributed by atoms with van der Waals surface area (Å²) in [7, 11) is 0. The van der Waals surface area contributed by atoms with E-state index in [2.05, 4.69) is 36.3 Å². The van der Waals surface area contributed by atoms with Crippen LogP contribution < -0.4 is 0 Å². The van der Waals surface area contributed by atoms with Crippen LogP contribution >= 0.6 is 11.6 Å². The number of aromatic nitrogens is 2. The minimum absolute atomic E-state index is 0.201. The molecule has 0 fully saturated rings. The lowest BCUT2D eigenvalue weighted by Gasteiger charge is -2.05. The van der Waals surface area contributed by atoms with E-state index in [1.807, 2.05) is 18.5 Å². The average molecular weight is 305 g/mol. The van der Waals surface area contributed by atoms with Crippen LogP contribution in [0.1, 0.15) is 35.9 Å². The molecule has 21 heavy (non-hydrogen) atoms. The SMILES string of the molecule is CCn1nc(C)c(Cl)c1CC(=O)CCc1ccc(C)cc1. The number of benzene rings is 1. The van der Waals surface area contributed by atoms with Crippen LogP contribution in [-0.4, -0.2) is 15.6 Å². The van der Waals surface area contributed by atoms with E-state index in [9.17, 15) is 4.79 Å². The highest BCUT2D eigenvalue weighted by Crippen LogP contribution is 2.21. The fraction of sp³-hybridized carbons (Fsp3) is 0.412. The third-order valence-corrected chi connectivity index (χ3v) is 4.12. The molecule has 0 saturated heterocycles. The van der Waals surface area contributed by atoms with Crippen molar-refractivity contribution >= 4 is 17.4 Å². The number of ketones is 1. The summed E-state index contributed by atoms with van der Waals surface area (Å²) in [4.78, 5) is 12.2. The summed E-state index contributed by atoms with van der Waals surface area (Å²) in [5.41, 5.74) is 4.06. The molecule has 0 aliphatic carbocycles. The van der Waals surface area contributed by atoms with Gasteiger partial charge in [-0.3, -0.25) is 9.48 Å². The van der Waals surface area contributed by atoms with Crippen molar-refractivity contribution in [3.05, 3.63) is 51.8 Å². The molecule has 4 heteroatoms. The van der Waals surface area contributed by atoms with E-state index in [-0.39, 0.29) is 5.78 Å². The molecule has 0 aliphatic heterocycles. The maximum atomic E-state index is 12.2. The Morgan fingerprint density at radius 3 is 2.52 bits per heavy atom. The molecule has 0 radical (unpaired) electrons. The van der Waals surface area contributed by atoms with Crippen LogP contribution in [0.5, 0.6) is 0 Å². The number of carbonyl (C=O) groups is 1. The lowest BCUT2D eigenvalue weighted by atomic mass is 10.0. The average Bonchev–Trinajstić information content (AvgIpc) is 2.74. The second-order valence-electron chi connectivity index (χ2n) is 5.36. The van der Waals surface area contributed by atoms with Crippen molar-refractivity contribution in [3.8, 4) is 0 Å². The van der Waals surface area contributed by atoms with Gasteiger partial charge in [-0.25, -0.2) is 0 Å². The third kappa shape index (κ3) is 3.94. The van der Waals surface area contributed by atoms with Crippen molar-refractivity contribution in [2.75, 3.05) is 0 Å². The van der Waals surface area contributed by atoms with Crippen LogP contribution in [-0.2, 0) is 24.2 Å². The van der Waals surface area contributed by atoms with E-state index in [4.69, 9.17) is 11.6 Å². The molecule has 2 rings (SSSR count). The Hall–Kier alpha value is -1.61. The Labute approximate surface area is 130 Å². The first-order valence-corrected chi connectivity index (χ1v) is 7.68. The van der Waals surface area contributed by atoms with Crippen LogP contribution in [0.2, 0.25) is 5.02 Å². The minimum Gasteiger partial charge on any atom is -0.299 e. The van der Waals surface area contributed by atoms with Crippen LogP contribution in [0.3, 0.4) is 0 Å². The van der Waals surface area contributed by atoms with Crippen LogP contribution in [0.4, 0.5) is 0 Å². The summed E-state index contributed by atoms with van der Waals surface area (Å²) in [5, 5.41) is 4.97. The fourth-order valence-electron chi connectivity index (χ4n) is 2.35. The Morgan fingerprint density at radius 1 is 1.24 bits per heavy atom. The molecule has 2 aromatic rings. The van der Waals surface area contributed by atoms with Gasteiger partial charge in [-0.2, -0.15) is 5.10 Å². The van der Waals surface area contributed by atoms with Gasteiger partial charge in [0.2, 0.25) is 0 Å². The van der Waals surface area contributed by atoms with E-state index in [0.29, 0.717) is 17.9 Å². The number of aryl methyl sites for hydroxylation is 4. The Kier molecular flexibility index (Phi) is 5.18. The highest BCUT2D eigenvalue weighted by atomic mass is 35.5. The summed E-state index contributed by atoms with van der Waals surface area (Å²) in [6, 6.07) is 8.31. The second kappa shape index (κ2) is 6.90. The summed E-state index contributed by atoms with van der Waals surface area (Å²) in [6.45, 7) is 6.66. The molecule has 1 heterocycles. The van der Waals surface area contributed by atoms with Gasteiger partial charge in [0.25, 0.3) is 0 Å². The molecule has 0 atom stereocenters. The maximum absolute atomic E-state index is 12.2. The number of Topliss-reactive ketones (excluding diaryl/α,β-unsaturated/α-hetero) is 1. The zero-order chi connectivity index (χ0) is 15.4. The van der Waals surface area contributed by atoms with E-state index in [1.165, 1.54) is 11.1 Å². The molecule has 0 bridgehead atoms. The Bertz CT molecular complexity index is 629. The molecule has 0 saturated carbocycles. The molecule has 0 amide bonds. The van der Waals surface area contributed by atoms with Gasteiger partial charge >= 0.3 is 0 Å². The zero-order valence-corrected chi connectivity index (χ0v) is 13.6. The van der Waals surface area contributed by atoms with Crippen molar-refractivity contribution in [1.82, 2.24) is 9.78 Å². The summed E-state index contributed by atoms with van der Waals surface area (Å²) >= 11 is 6.24. The summed E-state index contributed by atoms with van der Waals surface area (Å²) in [6.07, 6.45) is 1.67. The Balaban J connectivity index is 1.97. The van der Waals surface area contributed by atoms with Crippen molar-refractivity contribution in [1.29, 1.82) is 0 Å². The van der Waals surface area contributed by atoms with E-state index < -0.39 is 0 Å². The second-order valence-corrected chi connectivity index (χ2v) is 5.74. The first kappa shape index (κ1) is 15.8. The number of nitrogens with zero attached hydrogens (tertiary/aromatic N) is 2. The van der Waals surface area contributed by atoms with Gasteiger partial charge in [0.15, 0.2) is 0 Å². The highest BCUT2D eigenvalue weighted by Gasteiger charge is 2.15. The molecular weight excluding hydrogens is 284 g/mol. The molecular formula is C17H21ClN2O. The molecule has 0 aliphatic rings. The molecule has 3 nitrogen and oxygen atoms in total. The van der Waals surface area contributed by atoms with Crippen LogP contribution in [0, 0.1) is 13.8 Å². The summed E-state index contributed by atoms with van der Waals surface area (Å²) in [5.74, 6) is 0.201. The standard InChI is InChI=1S/C17H21ClN2O/c1-4-20-16(17(18)13(3)19-20)11-15(21)10-9-14-7-5-12(2)6-8-14/h5-8H,4,9-11H2,1-3H3. The number of hydrogen-bond acceptors (Lipinski definition) is 2. The topological polar surface area (TPSA) is 34.9 Å². The summed E-state index contributed by atoms with van der Waals surface area (Å²) < 4.78 is 1.82. The molecule has 0 N–H and O–H groups in total. The quantitative estimate of drug-likeness (QED) is 0.811. The number of halogens is 1. The predicted octanol–water partition coefficient (Wildman–Crippen LogP) is 3.92. The fourth-order valence-corrected chi connectivity index (χ4v) is 2.55. The monoisotopic (exact) mass is 304 g/mol. The first-order chi connectivity index (χ1) is 10.0. The smallest absolute Gasteiger partial charge is 0.139 e. The molecule has 0 unspecified atom stereocenters. The van der Waals surface area contributed by atoms with Gasteiger partial charge in [0.05, 0.1) is 16.4 Å². The lowest BCUT2D eigenvalue weighted by Crippen LogP contribution is -2.10. The maximum Gasteiger partial charge on any atom is 0.139 e. The van der Waals surface area contributed by atoms with E-state index >= 15 is 0 Å². The van der Waals surface area contributed by atoms with Crippen LogP contribution in [0.15, 0.2) is 24.3 Å². The van der Waals surface area contributed by atoms with Crippen LogP contribution in [0.25, 0.3) is 0 Å². The number of rotatable bonds is 6. The van der Waals surface area contributed by atoms with Gasteiger partial charge < -0.3 is 0 Å². The van der Waals surface area contributed by atoms with Gasteiger partial charge in [0, 0.05) is 19.4 Å². The van der Waals surface area contributed by atoms with Gasteiger partial charge in [-0.05, 0) is 32.8 Å². The van der Waals surface area contributed by atoms with E-state index in [1.54, 1.807) is 0 Å². The predicted molar refractivity (Wildman–Crippen MR) is 85.9 cm³/mol. The molecule has 112 valence electrons. The largest absolute Gasteiger partial charge is 0.299 e. The van der Waals surface area contributed by atoms with Gasteiger partial charge in [-0.1, -0.05) is 41.4 Å². The normalized spacial score (nSPS) is 10.9. The van der Waals surface area contributed by atoms with Gasteiger partial charge in [0.1, 0.15) is 5.78 Å². The third-order valence-electron chi connectivity index (χ3n) is 3.63. The van der Waals surface area contributed by atoms with Crippen molar-refractivity contribution in [2.45, 2.75) is 46.6 Å².